The second-order valence-corrected chi connectivity index (χ2v) is 8.52. The number of hydrogen-bond donors (Lipinski definition) is 2. The molecule has 9 heteroatoms. The molecule has 0 aromatic heterocycles. The van der Waals surface area contributed by atoms with Crippen LogP contribution in [-0.2, 0) is 23.9 Å². The Morgan fingerprint density at radius 1 is 1.07 bits per heavy atom. The van der Waals surface area contributed by atoms with Crippen molar-refractivity contribution >= 4 is 23.9 Å². The number of hydrogen-bond acceptors (Lipinski definition) is 6. The van der Waals surface area contributed by atoms with Gasteiger partial charge >= 0.3 is 18.0 Å². The van der Waals surface area contributed by atoms with Crippen molar-refractivity contribution in [3.8, 4) is 0 Å². The molecular weight excluding hydrogens is 356 g/mol. The minimum absolute atomic E-state index is 0.350. The minimum Gasteiger partial charge on any atom is -0.481 e. The molecule has 1 rings (SSSR count). The Balaban J connectivity index is 2.85. The summed E-state index contributed by atoms with van der Waals surface area (Å²) in [5.74, 6) is -2.68. The first kappa shape index (κ1) is 22.7. The predicted molar refractivity (Wildman–Crippen MR) is 96.0 cm³/mol. The van der Waals surface area contributed by atoms with E-state index < -0.39 is 53.6 Å². The third-order valence-corrected chi connectivity index (χ3v) is 3.57. The maximum Gasteiger partial charge on any atom is 0.410 e. The Hall–Kier alpha value is -2.32. The van der Waals surface area contributed by atoms with Crippen LogP contribution >= 0.6 is 0 Å². The van der Waals surface area contributed by atoms with Crippen molar-refractivity contribution < 1.29 is 33.8 Å². The Morgan fingerprint density at radius 2 is 1.63 bits per heavy atom. The molecule has 0 radical (unpaired) electrons. The smallest absolute Gasteiger partial charge is 0.410 e. The second kappa shape index (κ2) is 8.58. The average Bonchev–Trinajstić information content (AvgIpc) is 2.91. The molecule has 0 aromatic carbocycles. The number of nitrogens with zero attached hydrogens (tertiary/aromatic N) is 1. The van der Waals surface area contributed by atoms with Gasteiger partial charge in [0.05, 0.1) is 6.42 Å². The lowest BCUT2D eigenvalue weighted by molar-refractivity contribution is -0.161. The van der Waals surface area contributed by atoms with Crippen LogP contribution in [0, 0.1) is 0 Å². The number of ether oxygens (including phenoxy) is 2. The molecule has 1 heterocycles. The zero-order valence-electron chi connectivity index (χ0n) is 16.8. The van der Waals surface area contributed by atoms with Crippen LogP contribution in [0.25, 0.3) is 0 Å². The Bertz CT molecular complexity index is 589. The van der Waals surface area contributed by atoms with Gasteiger partial charge in [0.2, 0.25) is 5.91 Å². The van der Waals surface area contributed by atoms with Crippen LogP contribution in [0.15, 0.2) is 0 Å². The SMILES string of the molecule is CC(C)(C)OC(=O)[C@H](CC(=O)O)NC(=O)[C@@H]1CCCN1C(=O)OC(C)(C)C. The summed E-state index contributed by atoms with van der Waals surface area (Å²) in [5, 5.41) is 11.5. The highest BCUT2D eigenvalue weighted by molar-refractivity contribution is 5.91. The predicted octanol–water partition coefficient (Wildman–Crippen LogP) is 1.69. The molecule has 2 amide bonds. The van der Waals surface area contributed by atoms with Gasteiger partial charge in [-0.25, -0.2) is 9.59 Å². The summed E-state index contributed by atoms with van der Waals surface area (Å²) in [5.41, 5.74) is -1.53. The molecule has 154 valence electrons. The van der Waals surface area contributed by atoms with Crippen molar-refractivity contribution in [1.82, 2.24) is 10.2 Å². The minimum atomic E-state index is -1.34. The highest BCUT2D eigenvalue weighted by atomic mass is 16.6. The van der Waals surface area contributed by atoms with Gasteiger partial charge < -0.3 is 19.9 Å². The quantitative estimate of drug-likeness (QED) is 0.689. The number of carbonyl (C=O) groups is 4. The molecule has 0 unspecified atom stereocenters. The average molecular weight is 386 g/mol. The number of carboxylic acid groups (broad SMARTS) is 1. The Kier molecular flexibility index (Phi) is 7.22. The fraction of sp³-hybridized carbons (Fsp3) is 0.778. The molecule has 2 atom stereocenters. The lowest BCUT2D eigenvalue weighted by Gasteiger charge is -2.29. The summed E-state index contributed by atoms with van der Waals surface area (Å²) >= 11 is 0. The number of rotatable bonds is 5. The summed E-state index contributed by atoms with van der Waals surface area (Å²) in [6.45, 7) is 10.5. The lowest BCUT2D eigenvalue weighted by Crippen LogP contribution is -2.53. The molecule has 1 saturated heterocycles. The lowest BCUT2D eigenvalue weighted by atomic mass is 10.1. The number of carbonyl (C=O) groups excluding carboxylic acids is 3. The van der Waals surface area contributed by atoms with E-state index >= 15 is 0 Å². The summed E-state index contributed by atoms with van der Waals surface area (Å²) in [6.07, 6.45) is -0.223. The van der Waals surface area contributed by atoms with Crippen LogP contribution in [0.4, 0.5) is 4.79 Å². The number of likely N-dealkylation sites (tertiary alicyclic amines) is 1. The summed E-state index contributed by atoms with van der Waals surface area (Å²) < 4.78 is 10.5. The van der Waals surface area contributed by atoms with Gasteiger partial charge in [-0.2, -0.15) is 0 Å². The van der Waals surface area contributed by atoms with Gasteiger partial charge in [0.1, 0.15) is 23.3 Å². The molecule has 1 aliphatic rings. The van der Waals surface area contributed by atoms with Crippen LogP contribution in [0.3, 0.4) is 0 Å². The molecule has 0 spiro atoms. The van der Waals surface area contributed by atoms with E-state index in [0.29, 0.717) is 19.4 Å². The summed E-state index contributed by atoms with van der Waals surface area (Å²) in [4.78, 5) is 49.5. The molecule has 9 nitrogen and oxygen atoms in total. The van der Waals surface area contributed by atoms with E-state index in [1.165, 1.54) is 4.90 Å². The van der Waals surface area contributed by atoms with E-state index in [1.54, 1.807) is 41.5 Å². The van der Waals surface area contributed by atoms with E-state index in [4.69, 9.17) is 14.6 Å². The summed E-state index contributed by atoms with van der Waals surface area (Å²) in [7, 11) is 0. The molecule has 1 fully saturated rings. The first-order valence-electron chi connectivity index (χ1n) is 8.94. The van der Waals surface area contributed by atoms with Crippen molar-refractivity contribution in [2.45, 2.75) is 84.1 Å². The second-order valence-electron chi connectivity index (χ2n) is 8.52. The zero-order chi connectivity index (χ0) is 21.0. The van der Waals surface area contributed by atoms with Crippen molar-refractivity contribution in [1.29, 1.82) is 0 Å². The molecule has 0 saturated carbocycles. The highest BCUT2D eigenvalue weighted by Gasteiger charge is 2.39. The van der Waals surface area contributed by atoms with Crippen molar-refractivity contribution in [2.75, 3.05) is 6.54 Å². The molecular formula is C18H30N2O7. The van der Waals surface area contributed by atoms with Crippen LogP contribution < -0.4 is 5.32 Å². The van der Waals surface area contributed by atoms with Crippen molar-refractivity contribution in [3.05, 3.63) is 0 Å². The Labute approximate surface area is 159 Å². The molecule has 1 aliphatic heterocycles. The molecule has 0 bridgehead atoms. The first-order chi connectivity index (χ1) is 12.2. The first-order valence-corrected chi connectivity index (χ1v) is 8.94. The van der Waals surface area contributed by atoms with Gasteiger partial charge in [0, 0.05) is 6.54 Å². The maximum absolute atomic E-state index is 12.6. The summed E-state index contributed by atoms with van der Waals surface area (Å²) in [6, 6.07) is -2.16. The van der Waals surface area contributed by atoms with Crippen LogP contribution in [0.5, 0.6) is 0 Å². The number of nitrogens with one attached hydrogen (secondary N) is 1. The molecule has 2 N–H and O–H groups in total. The highest BCUT2D eigenvalue weighted by Crippen LogP contribution is 2.21. The van der Waals surface area contributed by atoms with Crippen molar-refractivity contribution in [2.24, 2.45) is 0 Å². The number of aliphatic carboxylic acids is 1. The van der Waals surface area contributed by atoms with Crippen LogP contribution in [-0.4, -0.2) is 63.8 Å². The van der Waals surface area contributed by atoms with E-state index in [1.807, 2.05) is 0 Å². The normalized spacial score (nSPS) is 18.6. The zero-order valence-corrected chi connectivity index (χ0v) is 16.8. The van der Waals surface area contributed by atoms with Gasteiger partial charge in [-0.15, -0.1) is 0 Å². The van der Waals surface area contributed by atoms with Crippen molar-refractivity contribution in [3.63, 3.8) is 0 Å². The topological polar surface area (TPSA) is 122 Å². The van der Waals surface area contributed by atoms with Gasteiger partial charge in [-0.1, -0.05) is 0 Å². The van der Waals surface area contributed by atoms with E-state index in [0.717, 1.165) is 0 Å². The number of carboxylic acids is 1. The monoisotopic (exact) mass is 386 g/mol. The fourth-order valence-corrected chi connectivity index (χ4v) is 2.59. The third kappa shape index (κ3) is 7.84. The molecule has 0 aliphatic carbocycles. The largest absolute Gasteiger partial charge is 0.481 e. The van der Waals surface area contributed by atoms with Gasteiger partial charge in [0.25, 0.3) is 0 Å². The third-order valence-electron chi connectivity index (χ3n) is 3.57. The van der Waals surface area contributed by atoms with Gasteiger partial charge in [0.15, 0.2) is 0 Å². The Morgan fingerprint density at radius 3 is 2.11 bits per heavy atom. The maximum atomic E-state index is 12.6. The van der Waals surface area contributed by atoms with Crippen LogP contribution in [0.2, 0.25) is 0 Å². The number of amides is 2. The molecule has 27 heavy (non-hydrogen) atoms. The standard InChI is InChI=1S/C18H30N2O7/c1-17(2,3)26-15(24)11(10-13(21)22)19-14(23)12-8-7-9-20(12)16(25)27-18(4,5)6/h11-12H,7-10H2,1-6H3,(H,19,23)(H,21,22)/t11-,12-/m0/s1. The van der Waals surface area contributed by atoms with Crippen LogP contribution in [0.1, 0.15) is 60.8 Å². The molecule has 0 aromatic rings. The van der Waals surface area contributed by atoms with Gasteiger partial charge in [-0.3, -0.25) is 14.5 Å². The van der Waals surface area contributed by atoms with E-state index in [9.17, 15) is 19.2 Å². The van der Waals surface area contributed by atoms with Gasteiger partial charge in [-0.05, 0) is 54.4 Å². The fourth-order valence-electron chi connectivity index (χ4n) is 2.59. The van der Waals surface area contributed by atoms with E-state index in [-0.39, 0.29) is 0 Å². The number of esters is 1. The van der Waals surface area contributed by atoms with E-state index in [2.05, 4.69) is 5.32 Å².